The monoisotopic (exact) mass is 381 g/mol. The highest BCUT2D eigenvalue weighted by Gasteiger charge is 2.29. The molecule has 0 aromatic rings. The molecule has 156 valence electrons. The number of ether oxygens (including phenoxy) is 1. The van der Waals surface area contributed by atoms with Crippen molar-refractivity contribution in [3.63, 3.8) is 0 Å². The van der Waals surface area contributed by atoms with Crippen molar-refractivity contribution in [1.82, 2.24) is 20.4 Å². The summed E-state index contributed by atoms with van der Waals surface area (Å²) in [5.74, 6) is 2.53. The lowest BCUT2D eigenvalue weighted by atomic mass is 9.79. The zero-order valence-electron chi connectivity index (χ0n) is 17.7. The Kier molecular flexibility index (Phi) is 9.34. The fraction of sp³-hybridized carbons (Fsp3) is 0.900. The molecule has 1 aliphatic carbocycles. The van der Waals surface area contributed by atoms with E-state index in [1.54, 1.807) is 14.2 Å². The molecule has 1 amide bonds. The van der Waals surface area contributed by atoms with Crippen molar-refractivity contribution in [3.05, 3.63) is 0 Å². The number of hydrogen-bond acceptors (Lipinski definition) is 4. The predicted molar refractivity (Wildman–Crippen MR) is 110 cm³/mol. The Morgan fingerprint density at radius 1 is 1.11 bits per heavy atom. The van der Waals surface area contributed by atoms with E-state index in [4.69, 9.17) is 4.74 Å². The standard InChI is InChI=1S/C20H39N5O2/c1-16(2)17-5-7-18(8-6-17)24-10-12-25(13-11-24)20(21-3)23-15-19(26)22-9-14-27-4/h16-18H,5-15H2,1-4H3,(H,21,23)(H,22,26). The summed E-state index contributed by atoms with van der Waals surface area (Å²) in [6, 6.07) is 0.753. The SMILES string of the molecule is CN=C(NCC(=O)NCCOC)N1CCN(C2CCC(C(C)C)CC2)CC1. The van der Waals surface area contributed by atoms with Crippen LogP contribution in [0.5, 0.6) is 0 Å². The summed E-state index contributed by atoms with van der Waals surface area (Å²) in [5, 5.41) is 6.00. The zero-order chi connectivity index (χ0) is 19.6. The number of piperazine rings is 1. The number of carbonyl (C=O) groups is 1. The highest BCUT2D eigenvalue weighted by Crippen LogP contribution is 2.32. The fourth-order valence-corrected chi connectivity index (χ4v) is 4.28. The van der Waals surface area contributed by atoms with E-state index in [0.29, 0.717) is 13.2 Å². The van der Waals surface area contributed by atoms with Gasteiger partial charge in [-0.05, 0) is 37.5 Å². The van der Waals surface area contributed by atoms with Crippen molar-refractivity contribution < 1.29 is 9.53 Å². The quantitative estimate of drug-likeness (QED) is 0.393. The first-order valence-corrected chi connectivity index (χ1v) is 10.5. The van der Waals surface area contributed by atoms with Gasteiger partial charge in [0.25, 0.3) is 0 Å². The number of rotatable bonds is 7. The van der Waals surface area contributed by atoms with E-state index in [1.807, 2.05) is 0 Å². The minimum atomic E-state index is -0.0336. The molecule has 27 heavy (non-hydrogen) atoms. The third-order valence-electron chi connectivity index (χ3n) is 6.06. The number of nitrogens with zero attached hydrogens (tertiary/aromatic N) is 3. The minimum absolute atomic E-state index is 0.0336. The second kappa shape index (κ2) is 11.5. The molecule has 2 aliphatic rings. The summed E-state index contributed by atoms with van der Waals surface area (Å²) in [6.45, 7) is 10.1. The number of nitrogens with one attached hydrogen (secondary N) is 2. The zero-order valence-corrected chi connectivity index (χ0v) is 17.7. The molecule has 0 bridgehead atoms. The summed E-state index contributed by atoms with van der Waals surface area (Å²) < 4.78 is 4.94. The number of amides is 1. The molecule has 0 aromatic heterocycles. The first-order valence-electron chi connectivity index (χ1n) is 10.5. The Morgan fingerprint density at radius 3 is 2.33 bits per heavy atom. The van der Waals surface area contributed by atoms with E-state index in [2.05, 4.69) is 39.3 Å². The third kappa shape index (κ3) is 6.96. The van der Waals surface area contributed by atoms with Gasteiger partial charge in [0, 0.05) is 52.9 Å². The molecule has 0 atom stereocenters. The molecule has 0 aromatic carbocycles. The maximum Gasteiger partial charge on any atom is 0.239 e. The predicted octanol–water partition coefficient (Wildman–Crippen LogP) is 1.16. The van der Waals surface area contributed by atoms with Crippen LogP contribution in [0.2, 0.25) is 0 Å². The Morgan fingerprint density at radius 2 is 1.78 bits per heavy atom. The second-order valence-corrected chi connectivity index (χ2v) is 8.08. The molecule has 1 saturated carbocycles. The maximum absolute atomic E-state index is 11.8. The summed E-state index contributed by atoms with van der Waals surface area (Å²) >= 11 is 0. The molecule has 1 heterocycles. The first-order chi connectivity index (χ1) is 13.0. The lowest BCUT2D eigenvalue weighted by Crippen LogP contribution is -2.56. The van der Waals surface area contributed by atoms with E-state index in [-0.39, 0.29) is 12.5 Å². The highest BCUT2D eigenvalue weighted by molar-refractivity contribution is 5.86. The fourth-order valence-electron chi connectivity index (χ4n) is 4.28. The van der Waals surface area contributed by atoms with Crippen LogP contribution >= 0.6 is 0 Å². The van der Waals surface area contributed by atoms with Crippen LogP contribution in [0.1, 0.15) is 39.5 Å². The molecular formula is C20H39N5O2. The van der Waals surface area contributed by atoms with Gasteiger partial charge in [-0.3, -0.25) is 14.7 Å². The van der Waals surface area contributed by atoms with Crippen molar-refractivity contribution >= 4 is 11.9 Å². The average Bonchev–Trinajstić information content (AvgIpc) is 2.69. The van der Waals surface area contributed by atoms with Gasteiger partial charge in [0.1, 0.15) is 0 Å². The van der Waals surface area contributed by atoms with Crippen LogP contribution in [0.15, 0.2) is 4.99 Å². The van der Waals surface area contributed by atoms with E-state index < -0.39 is 0 Å². The summed E-state index contributed by atoms with van der Waals surface area (Å²) in [6.07, 6.45) is 5.45. The Balaban J connectivity index is 1.70. The van der Waals surface area contributed by atoms with Gasteiger partial charge in [-0.1, -0.05) is 13.8 Å². The summed E-state index contributed by atoms with van der Waals surface area (Å²) in [5.41, 5.74) is 0. The van der Waals surface area contributed by atoms with Crippen LogP contribution < -0.4 is 10.6 Å². The topological polar surface area (TPSA) is 69.2 Å². The Hall–Kier alpha value is -1.34. The van der Waals surface area contributed by atoms with Crippen molar-refractivity contribution in [2.75, 3.05) is 60.0 Å². The van der Waals surface area contributed by atoms with Gasteiger partial charge < -0.3 is 20.3 Å². The summed E-state index contributed by atoms with van der Waals surface area (Å²) in [7, 11) is 3.41. The van der Waals surface area contributed by atoms with Gasteiger partial charge in [-0.2, -0.15) is 0 Å². The number of hydrogen-bond donors (Lipinski definition) is 2. The lowest BCUT2D eigenvalue weighted by Gasteiger charge is -2.43. The minimum Gasteiger partial charge on any atom is -0.383 e. The Labute approximate surface area is 164 Å². The van der Waals surface area contributed by atoms with Gasteiger partial charge >= 0.3 is 0 Å². The van der Waals surface area contributed by atoms with Crippen molar-refractivity contribution in [1.29, 1.82) is 0 Å². The molecule has 0 spiro atoms. The average molecular weight is 382 g/mol. The van der Waals surface area contributed by atoms with Gasteiger partial charge in [-0.25, -0.2) is 0 Å². The molecule has 2 N–H and O–H groups in total. The van der Waals surface area contributed by atoms with Gasteiger partial charge in [0.05, 0.1) is 13.2 Å². The molecule has 0 radical (unpaired) electrons. The molecular weight excluding hydrogens is 342 g/mol. The maximum atomic E-state index is 11.8. The number of aliphatic imine (C=N–C) groups is 1. The van der Waals surface area contributed by atoms with E-state index in [1.165, 1.54) is 25.7 Å². The normalized spacial score (nSPS) is 24.9. The smallest absolute Gasteiger partial charge is 0.239 e. The largest absolute Gasteiger partial charge is 0.383 e. The first kappa shape index (κ1) is 22.0. The van der Waals surface area contributed by atoms with Gasteiger partial charge in [0.2, 0.25) is 5.91 Å². The van der Waals surface area contributed by atoms with Crippen molar-refractivity contribution in [2.45, 2.75) is 45.6 Å². The number of carbonyl (C=O) groups excluding carboxylic acids is 1. The molecule has 7 heteroatoms. The van der Waals surface area contributed by atoms with Crippen molar-refractivity contribution in [2.24, 2.45) is 16.8 Å². The van der Waals surface area contributed by atoms with Gasteiger partial charge in [0.15, 0.2) is 5.96 Å². The molecule has 7 nitrogen and oxygen atoms in total. The van der Waals surface area contributed by atoms with Crippen LogP contribution in [0.4, 0.5) is 0 Å². The van der Waals surface area contributed by atoms with Crippen LogP contribution in [-0.4, -0.2) is 87.7 Å². The lowest BCUT2D eigenvalue weighted by molar-refractivity contribution is -0.120. The van der Waals surface area contributed by atoms with Crippen molar-refractivity contribution in [3.8, 4) is 0 Å². The summed E-state index contributed by atoms with van der Waals surface area (Å²) in [4.78, 5) is 21.1. The van der Waals surface area contributed by atoms with Crippen LogP contribution in [0.3, 0.4) is 0 Å². The molecule has 0 unspecified atom stereocenters. The van der Waals surface area contributed by atoms with E-state index in [0.717, 1.165) is 50.0 Å². The molecule has 2 fully saturated rings. The van der Waals surface area contributed by atoms with Gasteiger partial charge in [-0.15, -0.1) is 0 Å². The molecule has 1 aliphatic heterocycles. The second-order valence-electron chi connectivity index (χ2n) is 8.08. The number of guanidine groups is 1. The molecule has 2 rings (SSSR count). The van der Waals surface area contributed by atoms with E-state index >= 15 is 0 Å². The van der Waals surface area contributed by atoms with Crippen LogP contribution in [0, 0.1) is 11.8 Å². The van der Waals surface area contributed by atoms with Crippen LogP contribution in [0.25, 0.3) is 0 Å². The molecule has 1 saturated heterocycles. The highest BCUT2D eigenvalue weighted by atomic mass is 16.5. The van der Waals surface area contributed by atoms with Crippen LogP contribution in [-0.2, 0) is 9.53 Å². The van der Waals surface area contributed by atoms with E-state index in [9.17, 15) is 4.79 Å². The Bertz CT molecular complexity index is 467. The number of methoxy groups -OCH3 is 1. The third-order valence-corrected chi connectivity index (χ3v) is 6.06.